The second-order valence-corrected chi connectivity index (χ2v) is 5.22. The van der Waals surface area contributed by atoms with E-state index in [1.807, 2.05) is 6.07 Å². The quantitative estimate of drug-likeness (QED) is 0.882. The fraction of sp³-hybridized carbons (Fsp3) is 0.294. The number of halogens is 2. The molecule has 0 fully saturated rings. The molecule has 0 amide bonds. The number of hydrogen-bond acceptors (Lipinski definition) is 1. The van der Waals surface area contributed by atoms with Crippen LogP contribution in [0.25, 0.3) is 11.1 Å². The monoisotopic (exact) mass is 273 g/mol. The van der Waals surface area contributed by atoms with E-state index in [0.717, 1.165) is 31.0 Å². The Morgan fingerprint density at radius 1 is 1.05 bits per heavy atom. The average molecular weight is 273 g/mol. The van der Waals surface area contributed by atoms with Gasteiger partial charge in [0.2, 0.25) is 0 Å². The van der Waals surface area contributed by atoms with Crippen molar-refractivity contribution in [3.63, 3.8) is 0 Å². The van der Waals surface area contributed by atoms with Gasteiger partial charge in [-0.25, -0.2) is 8.78 Å². The molecule has 3 heteroatoms. The maximum Gasteiger partial charge on any atom is 0.126 e. The Morgan fingerprint density at radius 2 is 1.80 bits per heavy atom. The fourth-order valence-corrected chi connectivity index (χ4v) is 2.98. The van der Waals surface area contributed by atoms with Gasteiger partial charge in [-0.3, -0.25) is 0 Å². The summed E-state index contributed by atoms with van der Waals surface area (Å²) in [7, 11) is 0. The molecule has 1 nitrogen and oxygen atoms in total. The number of aryl methyl sites for hydroxylation is 1. The van der Waals surface area contributed by atoms with Crippen molar-refractivity contribution in [1.29, 1.82) is 0 Å². The van der Waals surface area contributed by atoms with Gasteiger partial charge in [-0.2, -0.15) is 0 Å². The van der Waals surface area contributed by atoms with Crippen LogP contribution in [0.4, 0.5) is 8.78 Å². The Bertz CT molecular complexity index is 617. The molecule has 1 aliphatic carbocycles. The van der Waals surface area contributed by atoms with E-state index in [-0.39, 0.29) is 0 Å². The minimum absolute atomic E-state index is 0.410. The molecule has 3 rings (SSSR count). The van der Waals surface area contributed by atoms with E-state index in [0.29, 0.717) is 11.6 Å². The molecule has 0 bridgehead atoms. The lowest BCUT2D eigenvalue weighted by Crippen LogP contribution is -2.18. The van der Waals surface area contributed by atoms with E-state index >= 15 is 0 Å². The van der Waals surface area contributed by atoms with Crippen molar-refractivity contribution < 1.29 is 8.78 Å². The standard InChI is InChI=1S/C17H17F2N/c1-2-20-17-6-4-12-7-11(3-5-16(12)17)13-8-14(18)10-15(19)9-13/h3,5,7-10,17,20H,2,4,6H2,1H3. The number of benzene rings is 2. The van der Waals surface area contributed by atoms with E-state index in [2.05, 4.69) is 24.4 Å². The minimum Gasteiger partial charge on any atom is -0.310 e. The Hall–Kier alpha value is -1.74. The van der Waals surface area contributed by atoms with Gasteiger partial charge in [-0.05, 0) is 53.8 Å². The summed E-state index contributed by atoms with van der Waals surface area (Å²) in [5.41, 5.74) is 4.06. The van der Waals surface area contributed by atoms with E-state index < -0.39 is 11.6 Å². The minimum atomic E-state index is -0.536. The highest BCUT2D eigenvalue weighted by atomic mass is 19.1. The van der Waals surface area contributed by atoms with Gasteiger partial charge in [0.25, 0.3) is 0 Å². The van der Waals surface area contributed by atoms with Gasteiger partial charge in [0, 0.05) is 12.1 Å². The zero-order chi connectivity index (χ0) is 14.1. The van der Waals surface area contributed by atoms with Crippen LogP contribution in [0.5, 0.6) is 0 Å². The first kappa shape index (κ1) is 13.3. The molecule has 1 unspecified atom stereocenters. The fourth-order valence-electron chi connectivity index (χ4n) is 2.98. The first-order chi connectivity index (χ1) is 9.67. The van der Waals surface area contributed by atoms with Crippen molar-refractivity contribution in [2.45, 2.75) is 25.8 Å². The predicted octanol–water partition coefficient (Wildman–Crippen LogP) is 4.23. The molecule has 20 heavy (non-hydrogen) atoms. The second kappa shape index (κ2) is 5.33. The van der Waals surface area contributed by atoms with Gasteiger partial charge in [0.15, 0.2) is 0 Å². The molecule has 0 aromatic heterocycles. The normalized spacial score (nSPS) is 17.2. The van der Waals surface area contributed by atoms with E-state index in [9.17, 15) is 8.78 Å². The van der Waals surface area contributed by atoms with Crippen LogP contribution in [0.15, 0.2) is 36.4 Å². The van der Waals surface area contributed by atoms with Gasteiger partial charge in [0.1, 0.15) is 11.6 Å². The zero-order valence-electron chi connectivity index (χ0n) is 11.4. The van der Waals surface area contributed by atoms with Crippen LogP contribution >= 0.6 is 0 Å². The van der Waals surface area contributed by atoms with Crippen molar-refractivity contribution in [3.05, 3.63) is 59.2 Å². The predicted molar refractivity (Wildman–Crippen MR) is 76.5 cm³/mol. The van der Waals surface area contributed by atoms with Gasteiger partial charge in [-0.1, -0.05) is 25.1 Å². The van der Waals surface area contributed by atoms with Crippen molar-refractivity contribution in [3.8, 4) is 11.1 Å². The summed E-state index contributed by atoms with van der Waals surface area (Å²) in [6.45, 7) is 3.04. The molecule has 0 aliphatic heterocycles. The van der Waals surface area contributed by atoms with E-state index in [1.165, 1.54) is 23.3 Å². The second-order valence-electron chi connectivity index (χ2n) is 5.22. The molecule has 0 heterocycles. The maximum absolute atomic E-state index is 13.3. The van der Waals surface area contributed by atoms with Gasteiger partial charge in [0.05, 0.1) is 0 Å². The lowest BCUT2D eigenvalue weighted by molar-refractivity contribution is 0.549. The Morgan fingerprint density at radius 3 is 2.50 bits per heavy atom. The smallest absolute Gasteiger partial charge is 0.126 e. The third-order valence-corrected chi connectivity index (χ3v) is 3.87. The van der Waals surface area contributed by atoms with Crippen LogP contribution in [0.2, 0.25) is 0 Å². The number of fused-ring (bicyclic) bond motifs is 1. The third kappa shape index (κ3) is 2.46. The van der Waals surface area contributed by atoms with E-state index in [4.69, 9.17) is 0 Å². The summed E-state index contributed by atoms with van der Waals surface area (Å²) in [6.07, 6.45) is 2.10. The molecule has 0 spiro atoms. The van der Waals surface area contributed by atoms with Crippen LogP contribution in [0, 0.1) is 11.6 Å². The first-order valence-corrected chi connectivity index (χ1v) is 7.00. The van der Waals surface area contributed by atoms with Crippen molar-refractivity contribution >= 4 is 0 Å². The lowest BCUT2D eigenvalue weighted by Gasteiger charge is -2.13. The zero-order valence-corrected chi connectivity index (χ0v) is 11.4. The Balaban J connectivity index is 1.97. The first-order valence-electron chi connectivity index (χ1n) is 7.00. The van der Waals surface area contributed by atoms with Gasteiger partial charge in [-0.15, -0.1) is 0 Å². The molecular weight excluding hydrogens is 256 g/mol. The van der Waals surface area contributed by atoms with Gasteiger partial charge < -0.3 is 5.32 Å². The van der Waals surface area contributed by atoms with Crippen LogP contribution in [-0.2, 0) is 6.42 Å². The Labute approximate surface area is 117 Å². The van der Waals surface area contributed by atoms with Crippen LogP contribution < -0.4 is 5.32 Å². The molecule has 0 radical (unpaired) electrons. The molecule has 0 saturated heterocycles. The number of hydrogen-bond donors (Lipinski definition) is 1. The third-order valence-electron chi connectivity index (χ3n) is 3.87. The summed E-state index contributed by atoms with van der Waals surface area (Å²) in [6, 6.07) is 10.1. The van der Waals surface area contributed by atoms with Crippen LogP contribution in [0.1, 0.15) is 30.5 Å². The molecule has 1 atom stereocenters. The van der Waals surface area contributed by atoms with E-state index in [1.54, 1.807) is 0 Å². The molecule has 2 aromatic rings. The summed E-state index contributed by atoms with van der Waals surface area (Å²) in [4.78, 5) is 0. The topological polar surface area (TPSA) is 12.0 Å². The molecule has 1 aliphatic rings. The number of nitrogens with one attached hydrogen (secondary N) is 1. The van der Waals surface area contributed by atoms with Crippen molar-refractivity contribution in [2.75, 3.05) is 6.54 Å². The molecule has 1 N–H and O–H groups in total. The highest BCUT2D eigenvalue weighted by molar-refractivity contribution is 5.65. The number of rotatable bonds is 3. The average Bonchev–Trinajstić information content (AvgIpc) is 2.81. The van der Waals surface area contributed by atoms with Crippen molar-refractivity contribution in [1.82, 2.24) is 5.32 Å². The summed E-state index contributed by atoms with van der Waals surface area (Å²) in [5, 5.41) is 3.46. The lowest BCUT2D eigenvalue weighted by atomic mass is 9.99. The molecule has 2 aromatic carbocycles. The highest BCUT2D eigenvalue weighted by Gasteiger charge is 2.21. The van der Waals surface area contributed by atoms with Crippen LogP contribution in [0.3, 0.4) is 0 Å². The molecular formula is C17H17F2N. The maximum atomic E-state index is 13.3. The summed E-state index contributed by atoms with van der Waals surface area (Å²) >= 11 is 0. The SMILES string of the molecule is CCNC1CCc2cc(-c3cc(F)cc(F)c3)ccc21. The summed E-state index contributed by atoms with van der Waals surface area (Å²) < 4.78 is 26.6. The Kier molecular flexibility index (Phi) is 3.53. The highest BCUT2D eigenvalue weighted by Crippen LogP contribution is 2.34. The van der Waals surface area contributed by atoms with Gasteiger partial charge >= 0.3 is 0 Å². The molecule has 104 valence electrons. The van der Waals surface area contributed by atoms with Crippen LogP contribution in [-0.4, -0.2) is 6.54 Å². The summed E-state index contributed by atoms with van der Waals surface area (Å²) in [5.74, 6) is -1.07. The molecule has 0 saturated carbocycles. The largest absolute Gasteiger partial charge is 0.310 e. The van der Waals surface area contributed by atoms with Crippen molar-refractivity contribution in [2.24, 2.45) is 0 Å².